The maximum Gasteiger partial charge on any atom is 0.0457 e. The Labute approximate surface area is 153 Å². The van der Waals surface area contributed by atoms with Crippen molar-refractivity contribution in [3.8, 4) is 0 Å². The van der Waals surface area contributed by atoms with E-state index in [-0.39, 0.29) is 0 Å². The normalized spacial score (nSPS) is 18.2. The molecule has 1 aromatic carbocycles. The lowest BCUT2D eigenvalue weighted by Gasteiger charge is -2.24. The standard InChI is InChI=1S/C21H25N3S/c1-15-5-6-16(12-22-15)14-24-9-3-4-18(24)10-17-13-23-21-8-7-19(25-2)11-20(17)21/h5-8,11-13,18,23H,3-4,9-10,14H2,1-2H3/t18-/m1/s1. The van der Waals surface area contributed by atoms with E-state index in [2.05, 4.69) is 57.7 Å². The van der Waals surface area contributed by atoms with E-state index in [1.165, 1.54) is 46.3 Å². The van der Waals surface area contributed by atoms with E-state index in [9.17, 15) is 0 Å². The zero-order chi connectivity index (χ0) is 17.2. The Bertz CT molecular complexity index is 853. The summed E-state index contributed by atoms with van der Waals surface area (Å²) in [5.74, 6) is 0. The van der Waals surface area contributed by atoms with Crippen LogP contribution in [0.25, 0.3) is 10.9 Å². The zero-order valence-corrected chi connectivity index (χ0v) is 15.8. The van der Waals surface area contributed by atoms with Crippen LogP contribution >= 0.6 is 11.8 Å². The van der Waals surface area contributed by atoms with Crippen molar-refractivity contribution in [2.45, 2.75) is 43.7 Å². The first-order valence-electron chi connectivity index (χ1n) is 9.02. The minimum Gasteiger partial charge on any atom is -0.361 e. The summed E-state index contributed by atoms with van der Waals surface area (Å²) in [5.41, 5.74) is 5.11. The zero-order valence-electron chi connectivity index (χ0n) is 15.0. The van der Waals surface area contributed by atoms with Gasteiger partial charge in [-0.25, -0.2) is 0 Å². The molecule has 0 aliphatic carbocycles. The lowest BCUT2D eigenvalue weighted by atomic mass is 10.0. The maximum atomic E-state index is 4.45. The molecule has 0 unspecified atom stereocenters. The third-order valence-electron chi connectivity index (χ3n) is 5.29. The molecule has 4 rings (SSSR count). The summed E-state index contributed by atoms with van der Waals surface area (Å²) in [6.45, 7) is 4.25. The number of fused-ring (bicyclic) bond motifs is 1. The van der Waals surface area contributed by atoms with Crippen molar-refractivity contribution in [1.82, 2.24) is 14.9 Å². The molecular weight excluding hydrogens is 326 g/mol. The molecule has 0 bridgehead atoms. The molecule has 0 saturated carbocycles. The van der Waals surface area contributed by atoms with Gasteiger partial charge in [0.05, 0.1) is 0 Å². The monoisotopic (exact) mass is 351 g/mol. The van der Waals surface area contributed by atoms with Crippen molar-refractivity contribution in [2.24, 2.45) is 0 Å². The maximum absolute atomic E-state index is 4.45. The van der Waals surface area contributed by atoms with Gasteiger partial charge in [0.15, 0.2) is 0 Å². The molecule has 3 aromatic rings. The number of hydrogen-bond acceptors (Lipinski definition) is 3. The van der Waals surface area contributed by atoms with Gasteiger partial charge in [-0.1, -0.05) is 6.07 Å². The van der Waals surface area contributed by atoms with Crippen LogP contribution in [0, 0.1) is 6.92 Å². The average Bonchev–Trinajstić information content (AvgIpc) is 3.24. The highest BCUT2D eigenvalue weighted by molar-refractivity contribution is 7.98. The highest BCUT2D eigenvalue weighted by Crippen LogP contribution is 2.29. The number of hydrogen-bond donors (Lipinski definition) is 1. The predicted molar refractivity (Wildman–Crippen MR) is 106 cm³/mol. The molecule has 0 amide bonds. The second-order valence-electron chi connectivity index (χ2n) is 7.00. The number of likely N-dealkylation sites (tertiary alicyclic amines) is 1. The smallest absolute Gasteiger partial charge is 0.0457 e. The number of nitrogens with zero attached hydrogens (tertiary/aromatic N) is 2. The van der Waals surface area contributed by atoms with Crippen LogP contribution in [0.2, 0.25) is 0 Å². The van der Waals surface area contributed by atoms with Crippen molar-refractivity contribution in [3.63, 3.8) is 0 Å². The number of H-pyrrole nitrogens is 1. The van der Waals surface area contributed by atoms with Gasteiger partial charge in [0, 0.05) is 46.5 Å². The van der Waals surface area contributed by atoms with Crippen LogP contribution in [0.4, 0.5) is 0 Å². The molecule has 1 aliphatic rings. The number of pyridine rings is 1. The van der Waals surface area contributed by atoms with E-state index in [0.29, 0.717) is 6.04 Å². The van der Waals surface area contributed by atoms with Crippen LogP contribution in [-0.4, -0.2) is 33.7 Å². The van der Waals surface area contributed by atoms with Gasteiger partial charge in [-0.3, -0.25) is 9.88 Å². The van der Waals surface area contributed by atoms with Gasteiger partial charge in [-0.15, -0.1) is 11.8 Å². The van der Waals surface area contributed by atoms with Gasteiger partial charge in [0.2, 0.25) is 0 Å². The molecule has 25 heavy (non-hydrogen) atoms. The quantitative estimate of drug-likeness (QED) is 0.670. The number of aromatic nitrogens is 2. The lowest BCUT2D eigenvalue weighted by Crippen LogP contribution is -2.30. The summed E-state index contributed by atoms with van der Waals surface area (Å²) in [7, 11) is 0. The first-order chi connectivity index (χ1) is 12.2. The average molecular weight is 352 g/mol. The van der Waals surface area contributed by atoms with Crippen LogP contribution in [0.1, 0.15) is 29.7 Å². The summed E-state index contributed by atoms with van der Waals surface area (Å²) < 4.78 is 0. The van der Waals surface area contributed by atoms with E-state index in [0.717, 1.165) is 18.7 Å². The molecule has 3 nitrogen and oxygen atoms in total. The number of rotatable bonds is 5. The first-order valence-corrected chi connectivity index (χ1v) is 10.2. The number of aromatic amines is 1. The molecule has 3 heterocycles. The fourth-order valence-electron chi connectivity index (χ4n) is 3.87. The minimum atomic E-state index is 0.623. The van der Waals surface area contributed by atoms with Gasteiger partial charge in [0.25, 0.3) is 0 Å². The van der Waals surface area contributed by atoms with Gasteiger partial charge >= 0.3 is 0 Å². The Hall–Kier alpha value is -1.78. The molecule has 1 N–H and O–H groups in total. The van der Waals surface area contributed by atoms with Gasteiger partial charge in [0.1, 0.15) is 0 Å². The van der Waals surface area contributed by atoms with E-state index in [1.807, 2.05) is 24.9 Å². The molecule has 4 heteroatoms. The van der Waals surface area contributed by atoms with Gasteiger partial charge in [-0.2, -0.15) is 0 Å². The molecule has 2 aromatic heterocycles. The van der Waals surface area contributed by atoms with Crippen molar-refractivity contribution >= 4 is 22.7 Å². The van der Waals surface area contributed by atoms with Gasteiger partial charge in [-0.05, 0) is 74.4 Å². The summed E-state index contributed by atoms with van der Waals surface area (Å²) in [5, 5.41) is 1.38. The van der Waals surface area contributed by atoms with E-state index < -0.39 is 0 Å². The molecule has 0 radical (unpaired) electrons. The Morgan fingerprint density at radius 1 is 1.28 bits per heavy atom. The molecule has 130 valence electrons. The fourth-order valence-corrected chi connectivity index (χ4v) is 4.31. The van der Waals surface area contributed by atoms with Crippen molar-refractivity contribution in [3.05, 3.63) is 59.5 Å². The number of benzene rings is 1. The van der Waals surface area contributed by atoms with Crippen LogP contribution in [0.15, 0.2) is 47.6 Å². The molecular formula is C21H25N3S. The van der Waals surface area contributed by atoms with Crippen LogP contribution < -0.4 is 0 Å². The SMILES string of the molecule is CSc1ccc2[nH]cc(C[C@H]3CCCN3Cc3ccc(C)nc3)c2c1. The fraction of sp³-hybridized carbons (Fsp3) is 0.381. The highest BCUT2D eigenvalue weighted by atomic mass is 32.2. The third-order valence-corrected chi connectivity index (χ3v) is 6.01. The van der Waals surface area contributed by atoms with E-state index in [4.69, 9.17) is 0 Å². The Balaban J connectivity index is 1.52. The summed E-state index contributed by atoms with van der Waals surface area (Å²) >= 11 is 1.81. The lowest BCUT2D eigenvalue weighted by molar-refractivity contribution is 0.244. The topological polar surface area (TPSA) is 31.9 Å². The van der Waals surface area contributed by atoms with Crippen molar-refractivity contribution in [1.29, 1.82) is 0 Å². The third kappa shape index (κ3) is 3.60. The second-order valence-corrected chi connectivity index (χ2v) is 7.88. The Morgan fingerprint density at radius 3 is 3.00 bits per heavy atom. The predicted octanol–water partition coefficient (Wildman–Crippen LogP) is 4.80. The Kier molecular flexibility index (Phi) is 4.82. The molecule has 1 atom stereocenters. The summed E-state index contributed by atoms with van der Waals surface area (Å²) in [4.78, 5) is 11.9. The van der Waals surface area contributed by atoms with Crippen LogP contribution in [-0.2, 0) is 13.0 Å². The molecule has 0 spiro atoms. The largest absolute Gasteiger partial charge is 0.361 e. The first kappa shape index (κ1) is 16.7. The Morgan fingerprint density at radius 2 is 2.20 bits per heavy atom. The summed E-state index contributed by atoms with van der Waals surface area (Å²) in [6, 6.07) is 11.7. The van der Waals surface area contributed by atoms with Crippen LogP contribution in [0.5, 0.6) is 0 Å². The molecule has 1 fully saturated rings. The second kappa shape index (κ2) is 7.22. The van der Waals surface area contributed by atoms with Crippen molar-refractivity contribution < 1.29 is 0 Å². The van der Waals surface area contributed by atoms with Crippen LogP contribution in [0.3, 0.4) is 0 Å². The number of thioether (sulfide) groups is 1. The summed E-state index contributed by atoms with van der Waals surface area (Å²) in [6.07, 6.45) is 10.1. The molecule has 1 saturated heterocycles. The van der Waals surface area contributed by atoms with E-state index >= 15 is 0 Å². The highest BCUT2D eigenvalue weighted by Gasteiger charge is 2.25. The number of nitrogens with one attached hydrogen (secondary N) is 1. The molecule has 1 aliphatic heterocycles. The van der Waals surface area contributed by atoms with Crippen molar-refractivity contribution in [2.75, 3.05) is 12.8 Å². The van der Waals surface area contributed by atoms with Gasteiger partial charge < -0.3 is 4.98 Å². The minimum absolute atomic E-state index is 0.623. The van der Waals surface area contributed by atoms with E-state index in [1.54, 1.807) is 0 Å². The number of aryl methyl sites for hydroxylation is 1.